The number of ketones is 2. The number of aliphatic hydroxyl groups excluding tert-OH is 1. The molecule has 4 aromatic rings. The average molecular weight is 504 g/mol. The third-order valence-corrected chi connectivity index (χ3v) is 5.72. The van der Waals surface area contributed by atoms with Crippen LogP contribution in [0.5, 0.6) is 0 Å². The highest BCUT2D eigenvalue weighted by atomic mass is 19.1. The van der Waals surface area contributed by atoms with E-state index in [0.29, 0.717) is 16.6 Å². The predicted molar refractivity (Wildman–Crippen MR) is 135 cm³/mol. The van der Waals surface area contributed by atoms with Crippen LogP contribution in [0.25, 0.3) is 11.0 Å². The topological polar surface area (TPSA) is 113 Å². The highest BCUT2D eigenvalue weighted by Crippen LogP contribution is 2.27. The Morgan fingerprint density at radius 2 is 1.65 bits per heavy atom. The molecule has 0 fully saturated rings. The number of likely N-dealkylation sites (N-methyl/N-ethyl adjacent to an activating group) is 1. The lowest BCUT2D eigenvalue weighted by Crippen LogP contribution is -2.25. The third kappa shape index (κ3) is 6.14. The molecule has 0 spiro atoms. The van der Waals surface area contributed by atoms with Gasteiger partial charge >= 0.3 is 5.97 Å². The Kier molecular flexibility index (Phi) is 7.86. The number of nitrogens with zero attached hydrogens (tertiary/aromatic N) is 2. The number of halogens is 1. The van der Waals surface area contributed by atoms with Crippen LogP contribution in [0.4, 0.5) is 4.39 Å². The van der Waals surface area contributed by atoms with E-state index in [9.17, 15) is 23.9 Å². The molecule has 0 aliphatic carbocycles. The van der Waals surface area contributed by atoms with Gasteiger partial charge in [0.05, 0.1) is 17.6 Å². The minimum Gasteiger partial charge on any atom is -0.462 e. The van der Waals surface area contributed by atoms with Gasteiger partial charge in [-0.2, -0.15) is 0 Å². The molecule has 0 aliphatic heterocycles. The number of ether oxygens (including phenoxy) is 1. The lowest BCUT2D eigenvalue weighted by atomic mass is 9.88. The van der Waals surface area contributed by atoms with Crippen molar-refractivity contribution in [3.05, 3.63) is 101 Å². The summed E-state index contributed by atoms with van der Waals surface area (Å²) in [5, 5.41) is 10.5. The van der Waals surface area contributed by atoms with Crippen LogP contribution in [0.2, 0.25) is 0 Å². The number of rotatable bonds is 10. The minimum absolute atomic E-state index is 0.0304. The fourth-order valence-corrected chi connectivity index (χ4v) is 3.92. The van der Waals surface area contributed by atoms with Crippen molar-refractivity contribution in [1.29, 1.82) is 0 Å². The molecule has 8 nitrogen and oxygen atoms in total. The summed E-state index contributed by atoms with van der Waals surface area (Å²) in [7, 11) is 3.44. The highest BCUT2D eigenvalue weighted by molar-refractivity contribution is 6.19. The smallest absolute Gasteiger partial charge is 0.320 e. The van der Waals surface area contributed by atoms with Gasteiger partial charge in [0.2, 0.25) is 0 Å². The van der Waals surface area contributed by atoms with Gasteiger partial charge in [-0.25, -0.2) is 9.37 Å². The number of H-pyrrole nitrogens is 1. The number of aromatic nitrogens is 2. The predicted octanol–water partition coefficient (Wildman–Crippen LogP) is 3.69. The van der Waals surface area contributed by atoms with Gasteiger partial charge < -0.3 is 14.8 Å². The molecule has 4 rings (SSSR count). The van der Waals surface area contributed by atoms with Gasteiger partial charge in [0.1, 0.15) is 30.3 Å². The van der Waals surface area contributed by atoms with E-state index in [4.69, 9.17) is 4.74 Å². The second-order valence-electron chi connectivity index (χ2n) is 8.87. The Morgan fingerprint density at radius 3 is 2.32 bits per heavy atom. The van der Waals surface area contributed by atoms with Crippen molar-refractivity contribution in [1.82, 2.24) is 14.9 Å². The zero-order valence-corrected chi connectivity index (χ0v) is 20.3. The van der Waals surface area contributed by atoms with Crippen molar-refractivity contribution in [3.63, 3.8) is 0 Å². The lowest BCUT2D eigenvalue weighted by Gasteiger charge is -2.16. The lowest BCUT2D eigenvalue weighted by molar-refractivity contribution is -0.147. The van der Waals surface area contributed by atoms with E-state index in [1.54, 1.807) is 55.4 Å². The Morgan fingerprint density at radius 1 is 0.973 bits per heavy atom. The van der Waals surface area contributed by atoms with Gasteiger partial charge in [-0.05, 0) is 50.0 Å². The van der Waals surface area contributed by atoms with E-state index >= 15 is 0 Å². The van der Waals surface area contributed by atoms with Gasteiger partial charge in [-0.15, -0.1) is 0 Å². The van der Waals surface area contributed by atoms with Crippen LogP contribution < -0.4 is 0 Å². The Hall–Kier alpha value is -4.21. The number of carbonyl (C=O) groups excluding carboxylic acids is 3. The number of carbonyl (C=O) groups is 3. The Balaban J connectivity index is 1.65. The van der Waals surface area contributed by atoms with Crippen LogP contribution in [0, 0.1) is 5.82 Å². The first-order valence-electron chi connectivity index (χ1n) is 11.6. The largest absolute Gasteiger partial charge is 0.462 e. The van der Waals surface area contributed by atoms with E-state index in [1.807, 2.05) is 0 Å². The van der Waals surface area contributed by atoms with Crippen molar-refractivity contribution < 1.29 is 28.6 Å². The minimum atomic E-state index is -1.38. The van der Waals surface area contributed by atoms with Gasteiger partial charge in [-0.1, -0.05) is 42.5 Å². The molecule has 0 aliphatic rings. The van der Waals surface area contributed by atoms with Gasteiger partial charge in [0.15, 0.2) is 11.6 Å². The molecule has 0 saturated carbocycles. The van der Waals surface area contributed by atoms with Crippen molar-refractivity contribution in [2.45, 2.75) is 12.0 Å². The number of hydrogen-bond acceptors (Lipinski definition) is 7. The fraction of sp³-hybridized carbons (Fsp3) is 0.214. The summed E-state index contributed by atoms with van der Waals surface area (Å²) in [6, 6.07) is 18.4. The van der Waals surface area contributed by atoms with Gasteiger partial charge in [-0.3, -0.25) is 19.3 Å². The van der Waals surface area contributed by atoms with Crippen molar-refractivity contribution in [2.24, 2.45) is 0 Å². The number of imidazole rings is 1. The summed E-state index contributed by atoms with van der Waals surface area (Å²) in [4.78, 5) is 48.2. The molecule has 9 heteroatoms. The van der Waals surface area contributed by atoms with E-state index in [-0.39, 0.29) is 30.1 Å². The zero-order chi connectivity index (χ0) is 26.5. The first-order chi connectivity index (χ1) is 17.7. The third-order valence-electron chi connectivity index (χ3n) is 5.72. The molecule has 0 saturated heterocycles. The van der Waals surface area contributed by atoms with Crippen LogP contribution in [-0.2, 0) is 9.53 Å². The number of benzene rings is 3. The molecule has 0 amide bonds. The maximum Gasteiger partial charge on any atom is 0.320 e. The number of fused-ring (bicyclic) bond motifs is 1. The average Bonchev–Trinajstić information content (AvgIpc) is 3.30. The summed E-state index contributed by atoms with van der Waals surface area (Å²) in [6.07, 6.45) is -1.18. The summed E-state index contributed by atoms with van der Waals surface area (Å²) >= 11 is 0. The molecule has 1 aromatic heterocycles. The number of nitrogens with one attached hydrogen (secondary N) is 1. The number of para-hydroxylation sites is 2. The van der Waals surface area contributed by atoms with Crippen LogP contribution in [0.3, 0.4) is 0 Å². The van der Waals surface area contributed by atoms with Gasteiger partial charge in [0.25, 0.3) is 0 Å². The second-order valence-corrected chi connectivity index (χ2v) is 8.87. The first kappa shape index (κ1) is 25.9. The van der Waals surface area contributed by atoms with Crippen molar-refractivity contribution >= 4 is 28.6 Å². The second kappa shape index (κ2) is 11.2. The number of aliphatic hydroxyl groups is 1. The van der Waals surface area contributed by atoms with E-state index < -0.39 is 35.4 Å². The van der Waals surface area contributed by atoms with E-state index in [0.717, 1.165) is 6.07 Å². The van der Waals surface area contributed by atoms with Crippen LogP contribution in [0.1, 0.15) is 44.1 Å². The first-order valence-corrected chi connectivity index (χ1v) is 11.6. The molecule has 1 heterocycles. The van der Waals surface area contributed by atoms with Gasteiger partial charge in [0, 0.05) is 11.1 Å². The van der Waals surface area contributed by atoms with E-state index in [1.165, 1.54) is 30.3 Å². The molecule has 0 bridgehead atoms. The molecular weight excluding hydrogens is 477 g/mol. The molecule has 2 atom stereocenters. The molecule has 0 radical (unpaired) electrons. The van der Waals surface area contributed by atoms with Crippen molar-refractivity contribution in [2.75, 3.05) is 27.2 Å². The quantitative estimate of drug-likeness (QED) is 0.193. The molecule has 190 valence electrons. The molecule has 3 aromatic carbocycles. The van der Waals surface area contributed by atoms with Crippen LogP contribution in [0.15, 0.2) is 72.8 Å². The number of Topliss-reactive ketones (excluding diaryl/α,β-unsaturated/α-hetero) is 2. The summed E-state index contributed by atoms with van der Waals surface area (Å²) in [5.74, 6) is -3.54. The normalized spacial score (nSPS) is 12.9. The number of aromatic amines is 1. The van der Waals surface area contributed by atoms with Crippen LogP contribution >= 0.6 is 0 Å². The zero-order valence-electron chi connectivity index (χ0n) is 20.3. The van der Waals surface area contributed by atoms with Crippen LogP contribution in [-0.4, -0.2) is 64.8 Å². The SMILES string of the molecule is CN(C)CC(=O)OCC(O)c1cccc(C(=O)C(C(=O)c2cccc(F)c2)c2nc3ccccc3[nH]2)c1. The Labute approximate surface area is 212 Å². The van der Waals surface area contributed by atoms with E-state index in [2.05, 4.69) is 9.97 Å². The monoisotopic (exact) mass is 503 g/mol. The molecular formula is C28H26FN3O5. The number of esters is 1. The Bertz CT molecular complexity index is 1420. The van der Waals surface area contributed by atoms with Crippen molar-refractivity contribution in [3.8, 4) is 0 Å². The number of hydrogen-bond donors (Lipinski definition) is 2. The highest BCUT2D eigenvalue weighted by Gasteiger charge is 2.33. The maximum atomic E-state index is 13.9. The molecule has 2 unspecified atom stereocenters. The summed E-state index contributed by atoms with van der Waals surface area (Å²) in [6.45, 7) is -0.230. The molecule has 37 heavy (non-hydrogen) atoms. The standard InChI is InChI=1S/C28H26FN3O5/c1-32(2)15-24(34)37-16-23(33)17-7-5-8-18(13-17)26(35)25(27(36)19-9-6-10-20(29)14-19)28-30-21-11-3-4-12-22(21)31-28/h3-14,23,25,33H,15-16H2,1-2H3,(H,30,31). The summed E-state index contributed by atoms with van der Waals surface area (Å²) in [5.41, 5.74) is 1.73. The maximum absolute atomic E-state index is 13.9. The summed E-state index contributed by atoms with van der Waals surface area (Å²) < 4.78 is 19.0. The fourth-order valence-electron chi connectivity index (χ4n) is 3.92. The molecule has 2 N–H and O–H groups in total.